The number of benzene rings is 2. The summed E-state index contributed by atoms with van der Waals surface area (Å²) in [6.07, 6.45) is -0.358. The lowest BCUT2D eigenvalue weighted by molar-refractivity contribution is -0.142. The highest BCUT2D eigenvalue weighted by molar-refractivity contribution is 6.87. The molecule has 1 aliphatic rings. The zero-order chi connectivity index (χ0) is 27.2. The average Bonchev–Trinajstić information content (AvgIpc) is 2.85. The van der Waals surface area contributed by atoms with Gasteiger partial charge in [-0.1, -0.05) is 88.5 Å². The van der Waals surface area contributed by atoms with Crippen LogP contribution in [0.2, 0.25) is 18.1 Å². The predicted octanol–water partition coefficient (Wildman–Crippen LogP) is 4.76. The summed E-state index contributed by atoms with van der Waals surface area (Å²) in [6.45, 7) is 11.0. The largest absolute Gasteiger partial charge is 0.480 e. The van der Waals surface area contributed by atoms with E-state index in [1.807, 2.05) is 54.6 Å². The van der Waals surface area contributed by atoms with Crippen molar-refractivity contribution >= 4 is 26.0 Å². The van der Waals surface area contributed by atoms with Crippen LogP contribution in [0, 0.1) is 11.5 Å². The number of carbonyl (C=O) groups is 3. The lowest BCUT2D eigenvalue weighted by Gasteiger charge is -2.35. The standard InChI is InChI=1S/C29H36N2O5Si/c1-29(2,3)37(4,5)17-11-16-24(27(33)34)30-26(32)25-18-22-14-9-10-15-23(22)19-31(25)28(35)36-20-21-12-7-6-8-13-21/h6-10,12-15,24-25H,16,18-20H2,1-5H3,(H,30,32)(H,33,34)/t24-,25+/m1/s1. The fourth-order valence-corrected chi connectivity index (χ4v) is 4.70. The Morgan fingerprint density at radius 2 is 1.70 bits per heavy atom. The topological polar surface area (TPSA) is 95.9 Å². The molecule has 0 radical (unpaired) electrons. The van der Waals surface area contributed by atoms with E-state index >= 15 is 0 Å². The van der Waals surface area contributed by atoms with E-state index in [1.165, 1.54) is 4.90 Å². The van der Waals surface area contributed by atoms with Gasteiger partial charge in [0.1, 0.15) is 26.8 Å². The van der Waals surface area contributed by atoms with Gasteiger partial charge >= 0.3 is 12.1 Å². The second-order valence-corrected chi connectivity index (χ2v) is 15.9. The second kappa shape index (κ2) is 11.7. The Morgan fingerprint density at radius 1 is 1.08 bits per heavy atom. The Labute approximate surface area is 220 Å². The van der Waals surface area contributed by atoms with Gasteiger partial charge in [-0.25, -0.2) is 9.59 Å². The molecule has 2 N–H and O–H groups in total. The van der Waals surface area contributed by atoms with Gasteiger partial charge in [-0.05, 0) is 21.7 Å². The van der Waals surface area contributed by atoms with Crippen LogP contribution in [0.3, 0.4) is 0 Å². The van der Waals surface area contributed by atoms with Crippen LogP contribution in [-0.2, 0) is 33.9 Å². The first kappa shape index (κ1) is 28.0. The summed E-state index contributed by atoms with van der Waals surface area (Å²) in [5, 5.41) is 12.4. The number of nitrogens with zero attached hydrogens (tertiary/aromatic N) is 1. The zero-order valence-corrected chi connectivity index (χ0v) is 23.2. The van der Waals surface area contributed by atoms with Crippen molar-refractivity contribution in [2.24, 2.45) is 0 Å². The monoisotopic (exact) mass is 520 g/mol. The van der Waals surface area contributed by atoms with E-state index in [-0.39, 0.29) is 31.0 Å². The Balaban J connectivity index is 1.77. The van der Waals surface area contributed by atoms with E-state index in [2.05, 4.69) is 50.6 Å². The number of carboxylic acid groups (broad SMARTS) is 1. The van der Waals surface area contributed by atoms with E-state index in [4.69, 9.17) is 4.74 Å². The molecule has 37 heavy (non-hydrogen) atoms. The summed E-state index contributed by atoms with van der Waals surface area (Å²) < 4.78 is 5.52. The normalized spacial score (nSPS) is 16.0. The zero-order valence-electron chi connectivity index (χ0n) is 22.2. The molecule has 1 aliphatic heterocycles. The number of carboxylic acids is 1. The number of ether oxygens (including phenoxy) is 1. The number of hydrogen-bond donors (Lipinski definition) is 2. The lowest BCUT2D eigenvalue weighted by Crippen LogP contribution is -2.55. The highest BCUT2D eigenvalue weighted by Crippen LogP contribution is 2.35. The van der Waals surface area contributed by atoms with E-state index in [1.54, 1.807) is 0 Å². The van der Waals surface area contributed by atoms with Crippen molar-refractivity contribution in [2.75, 3.05) is 0 Å². The number of rotatable bonds is 6. The molecule has 0 saturated heterocycles. The van der Waals surface area contributed by atoms with Crippen LogP contribution in [0.1, 0.15) is 43.9 Å². The third kappa shape index (κ3) is 7.23. The average molecular weight is 521 g/mol. The van der Waals surface area contributed by atoms with Crippen molar-refractivity contribution in [1.29, 1.82) is 0 Å². The van der Waals surface area contributed by atoms with Crippen LogP contribution >= 0.6 is 0 Å². The summed E-state index contributed by atoms with van der Waals surface area (Å²) >= 11 is 0. The van der Waals surface area contributed by atoms with Gasteiger partial charge < -0.3 is 15.2 Å². The molecule has 0 aliphatic carbocycles. The van der Waals surface area contributed by atoms with Crippen LogP contribution in [-0.4, -0.2) is 48.1 Å². The van der Waals surface area contributed by atoms with Gasteiger partial charge in [0.15, 0.2) is 0 Å². The minimum atomic E-state index is -1.92. The number of aliphatic carboxylic acids is 1. The van der Waals surface area contributed by atoms with Crippen LogP contribution < -0.4 is 5.32 Å². The number of nitrogens with one attached hydrogen (secondary N) is 1. The molecule has 0 unspecified atom stereocenters. The maximum atomic E-state index is 13.4. The van der Waals surface area contributed by atoms with Crippen LogP contribution in [0.4, 0.5) is 4.79 Å². The van der Waals surface area contributed by atoms with Gasteiger partial charge in [0.25, 0.3) is 0 Å². The quantitative estimate of drug-likeness (QED) is 0.423. The predicted molar refractivity (Wildman–Crippen MR) is 145 cm³/mol. The number of fused-ring (bicyclic) bond motifs is 1. The van der Waals surface area contributed by atoms with Gasteiger partial charge in [-0.2, -0.15) is 0 Å². The van der Waals surface area contributed by atoms with Crippen molar-refractivity contribution in [2.45, 2.75) is 77.0 Å². The Kier molecular flexibility index (Phi) is 8.82. The van der Waals surface area contributed by atoms with Gasteiger partial charge in [0, 0.05) is 12.8 Å². The van der Waals surface area contributed by atoms with Gasteiger partial charge in [-0.3, -0.25) is 9.69 Å². The number of carbonyl (C=O) groups excluding carboxylic acids is 2. The first-order valence-corrected chi connectivity index (χ1v) is 15.5. The Hall–Kier alpha value is -3.57. The maximum Gasteiger partial charge on any atom is 0.411 e. The van der Waals surface area contributed by atoms with Crippen LogP contribution in [0.25, 0.3) is 0 Å². The van der Waals surface area contributed by atoms with Gasteiger partial charge in [0.2, 0.25) is 5.91 Å². The van der Waals surface area contributed by atoms with E-state index in [0.29, 0.717) is 0 Å². The molecule has 0 spiro atoms. The Morgan fingerprint density at radius 3 is 2.32 bits per heavy atom. The van der Waals surface area contributed by atoms with Crippen LogP contribution in [0.5, 0.6) is 0 Å². The fraction of sp³-hybridized carbons (Fsp3) is 0.414. The molecule has 2 amide bonds. The number of hydrogen-bond acceptors (Lipinski definition) is 4. The summed E-state index contributed by atoms with van der Waals surface area (Å²) in [5.74, 6) is 1.33. The maximum absolute atomic E-state index is 13.4. The molecule has 3 rings (SSSR count). The third-order valence-corrected chi connectivity index (χ3v) is 11.7. The lowest BCUT2D eigenvalue weighted by atomic mass is 9.93. The first-order chi connectivity index (χ1) is 17.4. The fourth-order valence-electron chi connectivity index (χ4n) is 3.78. The molecular weight excluding hydrogens is 484 g/mol. The van der Waals surface area contributed by atoms with Gasteiger partial charge in [-0.15, -0.1) is 11.5 Å². The smallest absolute Gasteiger partial charge is 0.411 e. The van der Waals surface area contributed by atoms with E-state index in [0.717, 1.165) is 16.7 Å². The molecule has 0 fully saturated rings. The molecule has 7 nitrogen and oxygen atoms in total. The summed E-state index contributed by atoms with van der Waals surface area (Å²) in [5.41, 5.74) is 6.01. The molecule has 0 aromatic heterocycles. The van der Waals surface area contributed by atoms with E-state index in [9.17, 15) is 19.5 Å². The molecule has 0 bridgehead atoms. The molecule has 196 valence electrons. The first-order valence-electron chi connectivity index (χ1n) is 12.5. The van der Waals surface area contributed by atoms with Crippen molar-refractivity contribution in [1.82, 2.24) is 10.2 Å². The van der Waals surface area contributed by atoms with Crippen molar-refractivity contribution in [3.8, 4) is 11.5 Å². The Bertz CT molecular complexity index is 1190. The molecule has 1 heterocycles. The van der Waals surface area contributed by atoms with Crippen LogP contribution in [0.15, 0.2) is 54.6 Å². The van der Waals surface area contributed by atoms with Crippen molar-refractivity contribution < 1.29 is 24.2 Å². The summed E-state index contributed by atoms with van der Waals surface area (Å²) in [7, 11) is -1.92. The highest BCUT2D eigenvalue weighted by Gasteiger charge is 2.37. The molecule has 2 aromatic rings. The van der Waals surface area contributed by atoms with Gasteiger partial charge in [0.05, 0.1) is 6.54 Å². The van der Waals surface area contributed by atoms with Crippen molar-refractivity contribution in [3.05, 3.63) is 71.3 Å². The molecule has 0 saturated carbocycles. The third-order valence-electron chi connectivity index (χ3n) is 7.19. The molecule has 8 heteroatoms. The highest BCUT2D eigenvalue weighted by atomic mass is 28.3. The summed E-state index contributed by atoms with van der Waals surface area (Å²) in [4.78, 5) is 39.8. The van der Waals surface area contributed by atoms with E-state index < -0.39 is 38.1 Å². The minimum absolute atomic E-state index is 0.00462. The van der Waals surface area contributed by atoms with Crippen molar-refractivity contribution in [3.63, 3.8) is 0 Å². The SMILES string of the molecule is CC(C)(C)[Si](C)(C)C#CC[C@@H](NC(=O)[C@@H]1Cc2ccccc2CN1C(=O)OCc1ccccc1)C(=O)O. The molecular formula is C29H36N2O5Si. The molecule has 2 atom stereocenters. The number of amides is 2. The molecule has 2 aromatic carbocycles. The minimum Gasteiger partial charge on any atom is -0.480 e. The second-order valence-electron chi connectivity index (χ2n) is 10.9. The summed E-state index contributed by atoms with van der Waals surface area (Å²) in [6, 6.07) is 14.8.